The second-order valence-electron chi connectivity index (χ2n) is 5.38. The van der Waals surface area contributed by atoms with Crippen molar-refractivity contribution in [3.05, 3.63) is 32.5 Å². The maximum absolute atomic E-state index is 10.1. The van der Waals surface area contributed by atoms with Crippen LogP contribution in [0.2, 0.25) is 0 Å². The van der Waals surface area contributed by atoms with Gasteiger partial charge in [-0.05, 0) is 29.5 Å². The number of benzene rings is 1. The lowest BCUT2D eigenvalue weighted by Crippen LogP contribution is -2.13. The quantitative estimate of drug-likeness (QED) is 0.552. The second kappa shape index (κ2) is 4.76. The first-order chi connectivity index (χ1) is 8.32. The summed E-state index contributed by atoms with van der Waals surface area (Å²) in [4.78, 5) is 0. The van der Waals surface area contributed by atoms with Gasteiger partial charge < -0.3 is 5.11 Å². The predicted octanol–water partition coefficient (Wildman–Crippen LogP) is 5.52. The van der Waals surface area contributed by atoms with Crippen LogP contribution in [0.15, 0.2) is 17.5 Å². The van der Waals surface area contributed by atoms with Gasteiger partial charge in [-0.15, -0.1) is 0 Å². The van der Waals surface area contributed by atoms with Crippen molar-refractivity contribution in [1.29, 1.82) is 0 Å². The summed E-state index contributed by atoms with van der Waals surface area (Å²) in [5, 5.41) is 12.2. The number of aromatic hydroxyl groups is 1. The number of rotatable bonds is 1. The van der Waals surface area contributed by atoms with Crippen LogP contribution in [-0.2, 0) is 5.41 Å². The van der Waals surface area contributed by atoms with Gasteiger partial charge in [0.05, 0.1) is 0 Å². The highest BCUT2D eigenvalue weighted by Crippen LogP contribution is 2.39. The minimum atomic E-state index is -0.0781. The summed E-state index contributed by atoms with van der Waals surface area (Å²) in [6, 6.07) is 3.74. The van der Waals surface area contributed by atoms with Crippen LogP contribution in [0.5, 0.6) is 5.75 Å². The lowest BCUT2D eigenvalue weighted by atomic mass is 9.81. The SMILES string of the molecule is Cc1c(-c2cssc2=S)ccc(O)c1C(C)(C)C. The van der Waals surface area contributed by atoms with Crippen molar-refractivity contribution in [3.8, 4) is 16.9 Å². The van der Waals surface area contributed by atoms with Gasteiger partial charge in [0.1, 0.15) is 9.57 Å². The van der Waals surface area contributed by atoms with Gasteiger partial charge in [-0.25, -0.2) is 0 Å². The maximum Gasteiger partial charge on any atom is 0.119 e. The minimum Gasteiger partial charge on any atom is -0.508 e. The van der Waals surface area contributed by atoms with Crippen molar-refractivity contribution in [1.82, 2.24) is 0 Å². The molecule has 1 N–H and O–H groups in total. The first-order valence-corrected chi connectivity index (χ1v) is 8.35. The Morgan fingerprint density at radius 3 is 2.33 bits per heavy atom. The molecule has 2 rings (SSSR count). The summed E-state index contributed by atoms with van der Waals surface area (Å²) < 4.78 is 0.925. The molecule has 0 amide bonds. The van der Waals surface area contributed by atoms with Crippen LogP contribution in [0.1, 0.15) is 31.9 Å². The molecule has 4 heteroatoms. The molecule has 0 fully saturated rings. The van der Waals surface area contributed by atoms with E-state index in [1.165, 1.54) is 0 Å². The Morgan fingerprint density at radius 1 is 1.17 bits per heavy atom. The molecule has 2 aromatic rings. The number of hydrogen-bond acceptors (Lipinski definition) is 4. The van der Waals surface area contributed by atoms with Crippen molar-refractivity contribution in [3.63, 3.8) is 0 Å². The molecule has 0 aliphatic heterocycles. The molecule has 18 heavy (non-hydrogen) atoms. The topological polar surface area (TPSA) is 20.2 Å². The van der Waals surface area contributed by atoms with E-state index in [0.717, 1.165) is 26.1 Å². The third-order valence-electron chi connectivity index (χ3n) is 2.99. The smallest absolute Gasteiger partial charge is 0.119 e. The average molecular weight is 296 g/mol. The Hall–Kier alpha value is -0.710. The van der Waals surface area contributed by atoms with Crippen LogP contribution in [0.25, 0.3) is 11.1 Å². The molecule has 1 nitrogen and oxygen atoms in total. The number of hydrogen-bond donors (Lipinski definition) is 1. The molecule has 0 saturated heterocycles. The molecular formula is C14H16OS3. The molecule has 0 bridgehead atoms. The van der Waals surface area contributed by atoms with E-state index in [9.17, 15) is 5.11 Å². The molecule has 1 aromatic carbocycles. The lowest BCUT2D eigenvalue weighted by Gasteiger charge is -2.24. The Morgan fingerprint density at radius 2 is 1.83 bits per heavy atom. The van der Waals surface area contributed by atoms with E-state index < -0.39 is 0 Å². The number of phenolic OH excluding ortho intramolecular Hbond substituents is 1. The van der Waals surface area contributed by atoms with Crippen molar-refractivity contribution in [2.45, 2.75) is 33.1 Å². The van der Waals surface area contributed by atoms with Gasteiger partial charge in [0, 0.05) is 16.5 Å². The Labute approximate surface area is 120 Å². The number of phenols is 1. The fourth-order valence-corrected chi connectivity index (χ4v) is 4.69. The maximum atomic E-state index is 10.1. The monoisotopic (exact) mass is 296 g/mol. The van der Waals surface area contributed by atoms with E-state index in [-0.39, 0.29) is 5.41 Å². The van der Waals surface area contributed by atoms with Crippen LogP contribution < -0.4 is 0 Å². The summed E-state index contributed by atoms with van der Waals surface area (Å²) in [5.41, 5.74) is 4.30. The molecular weight excluding hydrogens is 280 g/mol. The normalized spacial score (nSPS) is 11.8. The van der Waals surface area contributed by atoms with Gasteiger partial charge in [0.2, 0.25) is 0 Å². The van der Waals surface area contributed by atoms with Crippen molar-refractivity contribution in [2.75, 3.05) is 0 Å². The predicted molar refractivity (Wildman–Crippen MR) is 83.6 cm³/mol. The van der Waals surface area contributed by atoms with Crippen molar-refractivity contribution in [2.24, 2.45) is 0 Å². The van der Waals surface area contributed by atoms with Crippen LogP contribution in [0.3, 0.4) is 0 Å². The molecule has 1 heterocycles. The zero-order valence-corrected chi connectivity index (χ0v) is 13.4. The van der Waals surface area contributed by atoms with Crippen LogP contribution in [0, 0.1) is 10.7 Å². The Kier molecular flexibility index (Phi) is 3.63. The van der Waals surface area contributed by atoms with Crippen molar-refractivity contribution < 1.29 is 5.11 Å². The summed E-state index contributed by atoms with van der Waals surface area (Å²) in [6.45, 7) is 8.41. The Bertz CT molecular complexity index is 629. The van der Waals surface area contributed by atoms with Gasteiger partial charge in [0.25, 0.3) is 0 Å². The molecule has 0 unspecified atom stereocenters. The molecule has 1 aromatic heterocycles. The molecule has 0 atom stereocenters. The first kappa shape index (κ1) is 13.7. The molecule has 0 radical (unpaired) electrons. The van der Waals surface area contributed by atoms with Gasteiger partial charge in [-0.3, -0.25) is 0 Å². The van der Waals surface area contributed by atoms with Gasteiger partial charge in [-0.2, -0.15) is 0 Å². The van der Waals surface area contributed by atoms with Gasteiger partial charge >= 0.3 is 0 Å². The van der Waals surface area contributed by atoms with Crippen LogP contribution in [-0.4, -0.2) is 5.11 Å². The van der Waals surface area contributed by atoms with E-state index in [1.807, 2.05) is 6.07 Å². The first-order valence-electron chi connectivity index (χ1n) is 5.73. The van der Waals surface area contributed by atoms with Crippen LogP contribution >= 0.6 is 32.9 Å². The largest absolute Gasteiger partial charge is 0.508 e. The van der Waals surface area contributed by atoms with E-state index in [1.54, 1.807) is 26.7 Å². The third kappa shape index (κ3) is 2.37. The fraction of sp³-hybridized carbons (Fsp3) is 0.357. The fourth-order valence-electron chi connectivity index (χ4n) is 2.32. The minimum absolute atomic E-state index is 0.0781. The summed E-state index contributed by atoms with van der Waals surface area (Å²) in [5.74, 6) is 0.369. The summed E-state index contributed by atoms with van der Waals surface area (Å²) in [7, 11) is 3.28. The van der Waals surface area contributed by atoms with Crippen LogP contribution in [0.4, 0.5) is 0 Å². The third-order valence-corrected chi connectivity index (χ3v) is 5.66. The van der Waals surface area contributed by atoms with E-state index in [0.29, 0.717) is 5.75 Å². The molecule has 0 spiro atoms. The summed E-state index contributed by atoms with van der Waals surface area (Å²) >= 11 is 5.36. The molecule has 96 valence electrons. The summed E-state index contributed by atoms with van der Waals surface area (Å²) in [6.07, 6.45) is 0. The van der Waals surface area contributed by atoms with Gasteiger partial charge in [0.15, 0.2) is 0 Å². The van der Waals surface area contributed by atoms with Gasteiger partial charge in [-0.1, -0.05) is 59.7 Å². The molecule has 0 saturated carbocycles. The molecule has 0 aliphatic rings. The highest BCUT2D eigenvalue weighted by atomic mass is 32.9. The highest BCUT2D eigenvalue weighted by Gasteiger charge is 2.22. The van der Waals surface area contributed by atoms with E-state index >= 15 is 0 Å². The average Bonchev–Trinajstić information content (AvgIpc) is 2.62. The zero-order valence-electron chi connectivity index (χ0n) is 10.9. The standard InChI is InChI=1S/C14H16OS3/c1-8-9(10-7-17-18-13(10)16)5-6-11(15)12(8)14(2,3)4/h5-7,15H,1-4H3. The highest BCUT2D eigenvalue weighted by molar-refractivity contribution is 7.79. The Balaban J connectivity index is 2.74. The second-order valence-corrected chi connectivity index (χ2v) is 8.13. The van der Waals surface area contributed by atoms with Crippen molar-refractivity contribution >= 4 is 32.9 Å². The molecule has 0 aliphatic carbocycles. The van der Waals surface area contributed by atoms with E-state index in [4.69, 9.17) is 12.2 Å². The lowest BCUT2D eigenvalue weighted by molar-refractivity contribution is 0.445. The zero-order chi connectivity index (χ0) is 13.5. The van der Waals surface area contributed by atoms with E-state index in [2.05, 4.69) is 33.1 Å².